The summed E-state index contributed by atoms with van der Waals surface area (Å²) in [6.07, 6.45) is 7.05. The first kappa shape index (κ1) is 25.7. The molecule has 0 radical (unpaired) electrons. The lowest BCUT2D eigenvalue weighted by Gasteiger charge is -2.37. The molecule has 0 aliphatic carbocycles. The number of amides is 2. The smallest absolute Gasteiger partial charge is 0.310 e. The van der Waals surface area contributed by atoms with E-state index in [0.717, 1.165) is 25.7 Å². The first-order chi connectivity index (χ1) is 15.7. The number of nitrogens with zero attached hydrogens (tertiary/aromatic N) is 2. The number of aliphatic carboxylic acids is 1. The Labute approximate surface area is 196 Å². The van der Waals surface area contributed by atoms with E-state index in [0.29, 0.717) is 38.9 Å². The third kappa shape index (κ3) is 4.20. The fraction of sp³-hybridized carbons (Fsp3) is 0.800. The van der Waals surface area contributed by atoms with Crippen molar-refractivity contribution >= 4 is 17.8 Å². The Bertz CT molecular complexity index is 772. The molecule has 1 spiro atoms. The second-order valence-corrected chi connectivity index (χ2v) is 10.1. The number of aliphatic hydroxyl groups excluding tert-OH is 1. The van der Waals surface area contributed by atoms with Crippen molar-refractivity contribution in [2.45, 2.75) is 83.0 Å². The molecule has 186 valence electrons. The van der Waals surface area contributed by atoms with Gasteiger partial charge in [-0.3, -0.25) is 14.4 Å². The normalized spacial score (nSPS) is 34.5. The Morgan fingerprint density at radius 2 is 2.00 bits per heavy atom. The van der Waals surface area contributed by atoms with Crippen LogP contribution in [0.15, 0.2) is 12.7 Å². The van der Waals surface area contributed by atoms with Crippen molar-refractivity contribution in [1.29, 1.82) is 0 Å². The van der Waals surface area contributed by atoms with Crippen LogP contribution in [0, 0.1) is 17.8 Å². The molecule has 0 aromatic heterocycles. The Morgan fingerprint density at radius 1 is 1.27 bits per heavy atom. The van der Waals surface area contributed by atoms with Gasteiger partial charge in [0.2, 0.25) is 11.8 Å². The first-order valence-electron chi connectivity index (χ1n) is 12.4. The third-order valence-corrected chi connectivity index (χ3v) is 8.06. The molecule has 0 saturated carbocycles. The molecule has 2 N–H and O–H groups in total. The van der Waals surface area contributed by atoms with Crippen molar-refractivity contribution in [2.75, 3.05) is 26.2 Å². The van der Waals surface area contributed by atoms with Crippen LogP contribution in [-0.4, -0.2) is 81.3 Å². The predicted molar refractivity (Wildman–Crippen MR) is 123 cm³/mol. The largest absolute Gasteiger partial charge is 0.481 e. The average Bonchev–Trinajstić information content (AvgIpc) is 3.27. The fourth-order valence-electron chi connectivity index (χ4n) is 6.38. The molecule has 0 aromatic carbocycles. The Hall–Kier alpha value is -1.93. The third-order valence-electron chi connectivity index (χ3n) is 8.06. The van der Waals surface area contributed by atoms with Gasteiger partial charge in [-0.1, -0.05) is 32.8 Å². The number of ether oxygens (including phenoxy) is 1. The van der Waals surface area contributed by atoms with E-state index >= 15 is 0 Å². The standard InChI is InChI=1S/C25H40N2O6/c1-5-7-9-13-26(12-6-2)22(30)20-25-16-17(3)24(4,33-25)19(23(31)32)18(25)21(29)27(20)14-10-8-11-15-28/h6,17-20,28H,2,5,7-16H2,1,3-4H3,(H,31,32)/t17?,18-,19-,20?,24+,25?/m0/s1. The van der Waals surface area contributed by atoms with Crippen molar-refractivity contribution in [3.05, 3.63) is 12.7 Å². The molecule has 6 atom stereocenters. The molecule has 8 heteroatoms. The van der Waals surface area contributed by atoms with Gasteiger partial charge in [0, 0.05) is 26.2 Å². The summed E-state index contributed by atoms with van der Waals surface area (Å²) in [4.78, 5) is 43.4. The van der Waals surface area contributed by atoms with E-state index < -0.39 is 35.0 Å². The summed E-state index contributed by atoms with van der Waals surface area (Å²) < 4.78 is 6.52. The zero-order valence-electron chi connectivity index (χ0n) is 20.3. The van der Waals surface area contributed by atoms with Crippen LogP contribution < -0.4 is 0 Å². The minimum Gasteiger partial charge on any atom is -0.481 e. The maximum absolute atomic E-state index is 14.0. The van der Waals surface area contributed by atoms with Crippen LogP contribution in [0.1, 0.15) is 65.7 Å². The van der Waals surface area contributed by atoms with Crippen LogP contribution >= 0.6 is 0 Å². The molecule has 33 heavy (non-hydrogen) atoms. The summed E-state index contributed by atoms with van der Waals surface area (Å²) in [5.74, 6) is -3.41. The van der Waals surface area contributed by atoms with Gasteiger partial charge in [-0.05, 0) is 44.9 Å². The van der Waals surface area contributed by atoms with E-state index in [4.69, 9.17) is 9.84 Å². The molecule has 3 unspecified atom stereocenters. The number of aliphatic hydroxyl groups is 1. The van der Waals surface area contributed by atoms with Crippen molar-refractivity contribution in [3.63, 3.8) is 0 Å². The van der Waals surface area contributed by atoms with Gasteiger partial charge in [-0.15, -0.1) is 6.58 Å². The van der Waals surface area contributed by atoms with Gasteiger partial charge >= 0.3 is 5.97 Å². The van der Waals surface area contributed by atoms with Crippen LogP contribution in [0.2, 0.25) is 0 Å². The van der Waals surface area contributed by atoms with Gasteiger partial charge in [-0.25, -0.2) is 0 Å². The zero-order chi connectivity index (χ0) is 24.4. The lowest BCUT2D eigenvalue weighted by molar-refractivity contribution is -0.157. The molecule has 8 nitrogen and oxygen atoms in total. The van der Waals surface area contributed by atoms with E-state index in [9.17, 15) is 19.5 Å². The molecule has 3 aliphatic rings. The number of likely N-dealkylation sites (tertiary alicyclic amines) is 1. The maximum Gasteiger partial charge on any atom is 0.310 e. The topological polar surface area (TPSA) is 107 Å². The summed E-state index contributed by atoms with van der Waals surface area (Å²) >= 11 is 0. The Morgan fingerprint density at radius 3 is 2.61 bits per heavy atom. The van der Waals surface area contributed by atoms with Gasteiger partial charge in [0.25, 0.3) is 0 Å². The number of unbranched alkanes of at least 4 members (excludes halogenated alkanes) is 4. The summed E-state index contributed by atoms with van der Waals surface area (Å²) in [5, 5.41) is 19.2. The van der Waals surface area contributed by atoms with E-state index in [-0.39, 0.29) is 24.3 Å². The number of hydrogen-bond acceptors (Lipinski definition) is 5. The Kier molecular flexibility index (Phi) is 7.89. The number of carbonyl (C=O) groups is 3. The molecule has 2 amide bonds. The van der Waals surface area contributed by atoms with E-state index in [1.54, 1.807) is 22.8 Å². The predicted octanol–water partition coefficient (Wildman–Crippen LogP) is 2.45. The van der Waals surface area contributed by atoms with Crippen LogP contribution in [-0.2, 0) is 19.1 Å². The average molecular weight is 465 g/mol. The molecule has 0 aromatic rings. The highest BCUT2D eigenvalue weighted by Crippen LogP contribution is 2.65. The molecule has 3 saturated heterocycles. The van der Waals surface area contributed by atoms with E-state index in [1.165, 1.54) is 0 Å². The van der Waals surface area contributed by atoms with Crippen LogP contribution in [0.5, 0.6) is 0 Å². The van der Waals surface area contributed by atoms with Crippen LogP contribution in [0.4, 0.5) is 0 Å². The highest BCUT2D eigenvalue weighted by Gasteiger charge is 2.80. The molecular weight excluding hydrogens is 424 g/mol. The highest BCUT2D eigenvalue weighted by atomic mass is 16.5. The van der Waals surface area contributed by atoms with Crippen LogP contribution in [0.3, 0.4) is 0 Å². The minimum atomic E-state index is -1.12. The summed E-state index contributed by atoms with van der Waals surface area (Å²) in [7, 11) is 0. The highest BCUT2D eigenvalue weighted by molar-refractivity contribution is 5.98. The number of rotatable bonds is 13. The summed E-state index contributed by atoms with van der Waals surface area (Å²) in [5.41, 5.74) is -2.09. The van der Waals surface area contributed by atoms with Gasteiger partial charge in [0.05, 0.1) is 11.5 Å². The number of carboxylic acids is 1. The molecule has 3 fully saturated rings. The maximum atomic E-state index is 14.0. The number of hydrogen-bond donors (Lipinski definition) is 2. The molecule has 3 heterocycles. The quantitative estimate of drug-likeness (QED) is 0.320. The molecule has 3 aliphatic heterocycles. The van der Waals surface area contributed by atoms with Crippen molar-refractivity contribution in [1.82, 2.24) is 9.80 Å². The van der Waals surface area contributed by atoms with Crippen molar-refractivity contribution in [2.24, 2.45) is 17.8 Å². The van der Waals surface area contributed by atoms with E-state index in [2.05, 4.69) is 13.5 Å². The van der Waals surface area contributed by atoms with Gasteiger partial charge in [0.15, 0.2) is 0 Å². The summed E-state index contributed by atoms with van der Waals surface area (Å²) in [6.45, 7) is 11.0. The number of carboxylic acid groups (broad SMARTS) is 1. The minimum absolute atomic E-state index is 0.0769. The monoisotopic (exact) mass is 464 g/mol. The number of fused-ring (bicyclic) bond motifs is 1. The van der Waals surface area contributed by atoms with Gasteiger partial charge in [-0.2, -0.15) is 0 Å². The first-order valence-corrected chi connectivity index (χ1v) is 12.4. The second kappa shape index (κ2) is 10.1. The fourth-order valence-corrected chi connectivity index (χ4v) is 6.38. The number of carbonyl (C=O) groups excluding carboxylic acids is 2. The van der Waals surface area contributed by atoms with Crippen molar-refractivity contribution < 1.29 is 29.3 Å². The second-order valence-electron chi connectivity index (χ2n) is 10.1. The SMILES string of the molecule is C=CCN(CCCCC)C(=O)C1N(CCCCCO)C(=O)[C@@H]2[C@@H](C(=O)O)[C@]3(C)OC12CC3C. The molecular formula is C25H40N2O6. The lowest BCUT2D eigenvalue weighted by atomic mass is 9.62. The van der Waals surface area contributed by atoms with E-state index in [1.807, 2.05) is 6.92 Å². The van der Waals surface area contributed by atoms with Crippen LogP contribution in [0.25, 0.3) is 0 Å². The summed E-state index contributed by atoms with van der Waals surface area (Å²) in [6, 6.07) is -0.834. The molecule has 2 bridgehead atoms. The van der Waals surface area contributed by atoms with Gasteiger partial charge < -0.3 is 24.7 Å². The Balaban J connectivity index is 1.99. The zero-order valence-corrected chi connectivity index (χ0v) is 20.3. The van der Waals surface area contributed by atoms with Gasteiger partial charge in [0.1, 0.15) is 17.6 Å². The molecule has 3 rings (SSSR count). The lowest BCUT2D eigenvalue weighted by Crippen LogP contribution is -2.56. The van der Waals surface area contributed by atoms with Crippen molar-refractivity contribution in [3.8, 4) is 0 Å².